The number of hydrogen-bond acceptors (Lipinski definition) is 4. The van der Waals surface area contributed by atoms with E-state index >= 15 is 0 Å². The molecule has 0 unspecified atom stereocenters. The summed E-state index contributed by atoms with van der Waals surface area (Å²) >= 11 is 0. The zero-order valence-corrected chi connectivity index (χ0v) is 12.7. The molecule has 0 bridgehead atoms. The van der Waals surface area contributed by atoms with Crippen LogP contribution in [0, 0.1) is 5.92 Å². The molecule has 1 aliphatic rings. The van der Waals surface area contributed by atoms with Crippen LogP contribution in [0.2, 0.25) is 0 Å². The lowest BCUT2D eigenvalue weighted by Gasteiger charge is -2.39. The molecule has 6 heteroatoms. The molecule has 21 heavy (non-hydrogen) atoms. The third kappa shape index (κ3) is 3.32. The third-order valence-corrected chi connectivity index (χ3v) is 3.58. The van der Waals surface area contributed by atoms with Crippen molar-refractivity contribution in [2.45, 2.75) is 26.8 Å². The van der Waals surface area contributed by atoms with E-state index in [-0.39, 0.29) is 17.5 Å². The van der Waals surface area contributed by atoms with Crippen LogP contribution in [0.4, 0.5) is 5.82 Å². The van der Waals surface area contributed by atoms with Crippen LogP contribution in [-0.2, 0) is 4.79 Å². The highest BCUT2D eigenvalue weighted by Gasteiger charge is 2.35. The summed E-state index contributed by atoms with van der Waals surface area (Å²) in [5.74, 6) is 0.469. The molecule has 2 N–H and O–H groups in total. The molecule has 1 saturated heterocycles. The van der Waals surface area contributed by atoms with E-state index in [1.807, 2.05) is 4.90 Å². The molecule has 6 nitrogen and oxygen atoms in total. The molecule has 1 aromatic rings. The molecule has 1 aliphatic heterocycles. The van der Waals surface area contributed by atoms with Crippen LogP contribution in [0.3, 0.4) is 0 Å². The van der Waals surface area contributed by atoms with Gasteiger partial charge >= 0.3 is 0 Å². The molecule has 0 saturated carbocycles. The number of carbonyl (C=O) groups excluding carboxylic acids is 2. The van der Waals surface area contributed by atoms with Crippen molar-refractivity contribution in [2.24, 2.45) is 5.92 Å². The predicted octanol–water partition coefficient (Wildman–Crippen LogP) is 0.993. The number of nitrogens with two attached hydrogens (primary N) is 1. The molecule has 2 amide bonds. The van der Waals surface area contributed by atoms with Crippen molar-refractivity contribution in [1.82, 2.24) is 14.8 Å². The molecular weight excluding hydrogens is 268 g/mol. The second-order valence-electron chi connectivity index (χ2n) is 5.80. The average molecular weight is 290 g/mol. The van der Waals surface area contributed by atoms with Crippen LogP contribution in [0.1, 0.15) is 31.3 Å². The van der Waals surface area contributed by atoms with E-state index in [0.717, 1.165) is 6.54 Å². The summed E-state index contributed by atoms with van der Waals surface area (Å²) in [5, 5.41) is 0. The second-order valence-corrected chi connectivity index (χ2v) is 5.80. The van der Waals surface area contributed by atoms with Crippen LogP contribution in [0.5, 0.6) is 0 Å². The van der Waals surface area contributed by atoms with Crippen molar-refractivity contribution in [2.75, 3.05) is 25.4 Å². The molecule has 114 valence electrons. The number of nitrogens with zero attached hydrogens (tertiary/aromatic N) is 3. The summed E-state index contributed by atoms with van der Waals surface area (Å²) in [7, 11) is 0. The fourth-order valence-electron chi connectivity index (χ4n) is 2.55. The van der Waals surface area contributed by atoms with Gasteiger partial charge in [-0.1, -0.05) is 19.9 Å². The second kappa shape index (κ2) is 6.11. The van der Waals surface area contributed by atoms with Gasteiger partial charge in [0.25, 0.3) is 5.91 Å². The van der Waals surface area contributed by atoms with E-state index in [0.29, 0.717) is 24.8 Å². The number of aromatic nitrogens is 1. The normalized spacial score (nSPS) is 19.2. The van der Waals surface area contributed by atoms with Crippen molar-refractivity contribution in [3.05, 3.63) is 23.9 Å². The molecule has 2 heterocycles. The number of pyridine rings is 1. The van der Waals surface area contributed by atoms with Crippen LogP contribution >= 0.6 is 0 Å². The van der Waals surface area contributed by atoms with E-state index in [4.69, 9.17) is 5.73 Å². The Morgan fingerprint density at radius 1 is 1.43 bits per heavy atom. The fraction of sp³-hybridized carbons (Fsp3) is 0.533. The quantitative estimate of drug-likeness (QED) is 0.900. The first-order valence-corrected chi connectivity index (χ1v) is 7.22. The maximum Gasteiger partial charge on any atom is 0.273 e. The standard InChI is InChI=1S/C15H22N4O2/c1-10(2)9-18-7-8-19(11(3)14(18)20)15(21)12-5-4-6-13(16)17-12/h4-6,10-11H,7-9H2,1-3H3,(H2,16,17)/t11-/m1/s1. The molecule has 0 spiro atoms. The van der Waals surface area contributed by atoms with E-state index in [1.54, 1.807) is 30.0 Å². The SMILES string of the molecule is CC(C)CN1CCN(C(=O)c2cccc(N)n2)[C@H](C)C1=O. The Balaban J connectivity index is 2.12. The Morgan fingerprint density at radius 3 is 2.76 bits per heavy atom. The minimum absolute atomic E-state index is 0.00722. The molecule has 1 aromatic heterocycles. The molecule has 2 rings (SSSR count). The Bertz CT molecular complexity index is 544. The van der Waals surface area contributed by atoms with Crippen LogP contribution < -0.4 is 5.73 Å². The molecular formula is C15H22N4O2. The zero-order chi connectivity index (χ0) is 15.6. The fourth-order valence-corrected chi connectivity index (χ4v) is 2.55. The highest BCUT2D eigenvalue weighted by molar-refractivity contribution is 5.97. The molecule has 0 radical (unpaired) electrons. The monoisotopic (exact) mass is 290 g/mol. The smallest absolute Gasteiger partial charge is 0.273 e. The van der Waals surface area contributed by atoms with Crippen LogP contribution in [-0.4, -0.2) is 52.3 Å². The number of amides is 2. The van der Waals surface area contributed by atoms with Gasteiger partial charge in [0, 0.05) is 19.6 Å². The first-order valence-electron chi connectivity index (χ1n) is 7.22. The van der Waals surface area contributed by atoms with E-state index in [2.05, 4.69) is 18.8 Å². The Labute approximate surface area is 124 Å². The summed E-state index contributed by atoms with van der Waals surface area (Å²) in [6.07, 6.45) is 0. The van der Waals surface area contributed by atoms with Crippen molar-refractivity contribution in [1.29, 1.82) is 0 Å². The number of hydrogen-bond donors (Lipinski definition) is 1. The van der Waals surface area contributed by atoms with Crippen molar-refractivity contribution in [3.63, 3.8) is 0 Å². The maximum atomic E-state index is 12.5. The van der Waals surface area contributed by atoms with Gasteiger partial charge in [-0.15, -0.1) is 0 Å². The van der Waals surface area contributed by atoms with Crippen LogP contribution in [0.15, 0.2) is 18.2 Å². The first kappa shape index (κ1) is 15.3. The highest BCUT2D eigenvalue weighted by atomic mass is 16.2. The van der Waals surface area contributed by atoms with Gasteiger partial charge in [0.2, 0.25) is 5.91 Å². The number of nitrogen functional groups attached to an aromatic ring is 1. The minimum atomic E-state index is -0.465. The van der Waals surface area contributed by atoms with E-state index in [9.17, 15) is 9.59 Å². The molecule has 1 atom stereocenters. The lowest BCUT2D eigenvalue weighted by molar-refractivity contribution is -0.140. The van der Waals surface area contributed by atoms with Gasteiger partial charge < -0.3 is 15.5 Å². The summed E-state index contributed by atoms with van der Waals surface area (Å²) in [6, 6.07) is 4.48. The summed E-state index contributed by atoms with van der Waals surface area (Å²) in [4.78, 5) is 32.3. The highest BCUT2D eigenvalue weighted by Crippen LogP contribution is 2.16. The largest absolute Gasteiger partial charge is 0.384 e. The number of anilines is 1. The van der Waals surface area contributed by atoms with E-state index < -0.39 is 6.04 Å². The average Bonchev–Trinajstić information content (AvgIpc) is 2.43. The Kier molecular flexibility index (Phi) is 4.45. The minimum Gasteiger partial charge on any atom is -0.384 e. The predicted molar refractivity (Wildman–Crippen MR) is 80.6 cm³/mol. The molecule has 1 fully saturated rings. The van der Waals surface area contributed by atoms with Crippen LogP contribution in [0.25, 0.3) is 0 Å². The lowest BCUT2D eigenvalue weighted by atomic mass is 10.1. The van der Waals surface area contributed by atoms with Gasteiger partial charge in [-0.3, -0.25) is 9.59 Å². The number of piperazine rings is 1. The lowest BCUT2D eigenvalue weighted by Crippen LogP contribution is -2.58. The van der Waals surface area contributed by atoms with Gasteiger partial charge in [-0.25, -0.2) is 4.98 Å². The Morgan fingerprint density at radius 2 is 2.14 bits per heavy atom. The van der Waals surface area contributed by atoms with Crippen molar-refractivity contribution in [3.8, 4) is 0 Å². The Hall–Kier alpha value is -2.11. The number of rotatable bonds is 3. The van der Waals surface area contributed by atoms with Gasteiger partial charge in [0.1, 0.15) is 17.6 Å². The topological polar surface area (TPSA) is 79.5 Å². The van der Waals surface area contributed by atoms with Gasteiger partial charge in [0.05, 0.1) is 0 Å². The van der Waals surface area contributed by atoms with Gasteiger partial charge in [-0.2, -0.15) is 0 Å². The molecule has 0 aromatic carbocycles. The third-order valence-electron chi connectivity index (χ3n) is 3.58. The summed E-state index contributed by atoms with van der Waals surface area (Å²) in [5.41, 5.74) is 5.89. The van der Waals surface area contributed by atoms with Gasteiger partial charge in [0.15, 0.2) is 0 Å². The summed E-state index contributed by atoms with van der Waals surface area (Å²) in [6.45, 7) is 7.73. The van der Waals surface area contributed by atoms with Gasteiger partial charge in [-0.05, 0) is 25.0 Å². The van der Waals surface area contributed by atoms with Crippen molar-refractivity contribution < 1.29 is 9.59 Å². The maximum absolute atomic E-state index is 12.5. The van der Waals surface area contributed by atoms with Crippen molar-refractivity contribution >= 4 is 17.6 Å². The first-order chi connectivity index (χ1) is 9.90. The van der Waals surface area contributed by atoms with E-state index in [1.165, 1.54) is 0 Å². The molecule has 0 aliphatic carbocycles. The zero-order valence-electron chi connectivity index (χ0n) is 12.7. The summed E-state index contributed by atoms with van der Waals surface area (Å²) < 4.78 is 0. The number of carbonyl (C=O) groups is 2.